The maximum Gasteiger partial charge on any atom is 0.281 e. The molecule has 4 heteroatoms. The molecule has 0 aromatic carbocycles. The van der Waals surface area contributed by atoms with E-state index in [1.54, 1.807) is 0 Å². The molecule has 0 saturated carbocycles. The number of hydrogen-bond acceptors (Lipinski definition) is 3. The topological polar surface area (TPSA) is 51.2 Å². The second-order valence-corrected chi connectivity index (χ2v) is 2.79. The van der Waals surface area contributed by atoms with Crippen molar-refractivity contribution in [3.63, 3.8) is 0 Å². The van der Waals surface area contributed by atoms with Gasteiger partial charge in [-0.2, -0.15) is 0 Å². The summed E-state index contributed by atoms with van der Waals surface area (Å²) < 4.78 is 0. The average molecular weight is 218 g/mol. The summed E-state index contributed by atoms with van der Waals surface area (Å²) in [6.45, 7) is 20.7. The van der Waals surface area contributed by atoms with Crippen LogP contribution in [0.4, 0.5) is 0 Å². The van der Waals surface area contributed by atoms with E-state index in [0.717, 1.165) is 15.2 Å². The van der Waals surface area contributed by atoms with Gasteiger partial charge in [-0.25, -0.2) is 0 Å². The van der Waals surface area contributed by atoms with Crippen molar-refractivity contribution in [2.45, 2.75) is 10.6 Å². The largest absolute Gasteiger partial charge is 0.281 e. The van der Waals surface area contributed by atoms with Crippen LogP contribution in [0.1, 0.15) is 0 Å². The third-order valence-electron chi connectivity index (χ3n) is 0.471. The zero-order chi connectivity index (χ0) is 11.5. The molecule has 0 bridgehead atoms. The summed E-state index contributed by atoms with van der Waals surface area (Å²) in [5.41, 5.74) is 0. The van der Waals surface area contributed by atoms with Gasteiger partial charge in [0.05, 0.1) is 0 Å². The summed E-state index contributed by atoms with van der Waals surface area (Å²) in [7, 11) is 0. The van der Waals surface area contributed by atoms with E-state index in [2.05, 4.69) is 33.5 Å². The van der Waals surface area contributed by atoms with Gasteiger partial charge in [-0.3, -0.25) is 14.4 Å². The van der Waals surface area contributed by atoms with Crippen molar-refractivity contribution in [2.24, 2.45) is 0 Å². The minimum Gasteiger partial charge on any atom is -0.281 e. The van der Waals surface area contributed by atoms with Gasteiger partial charge in [0, 0.05) is 0 Å². The zero-order valence-electron chi connectivity index (χ0n) is 7.12. The molecular formula is C9H10CrO3. The summed E-state index contributed by atoms with van der Waals surface area (Å²) in [6.07, 6.45) is 3.92. The van der Waals surface area contributed by atoms with Gasteiger partial charge in [-0.05, 0) is 0 Å². The Bertz CT molecular complexity index is 84.1. The molecule has 0 aliphatic carbocycles. The van der Waals surface area contributed by atoms with Gasteiger partial charge in [0.2, 0.25) is 0 Å². The van der Waals surface area contributed by atoms with Crippen LogP contribution in [0.3, 0.4) is 0 Å². The van der Waals surface area contributed by atoms with Crippen LogP contribution >= 0.6 is 0 Å². The molecule has 0 rings (SSSR count). The average Bonchev–Trinajstić information content (AvgIpc) is 2.27. The normalized spacial score (nSPS) is 5.23. The molecule has 13 heavy (non-hydrogen) atoms. The second kappa shape index (κ2) is 68.4. The molecule has 0 N–H and O–H groups in total. The molecule has 6 radical (unpaired) electrons. The molecule has 70 valence electrons. The summed E-state index contributed by atoms with van der Waals surface area (Å²) in [4.78, 5) is 22.5. The molecular weight excluding hydrogens is 208 g/mol. The molecule has 0 fully saturated rings. The summed E-state index contributed by atoms with van der Waals surface area (Å²) >= 11 is 0.740. The predicted octanol–water partition coefficient (Wildman–Crippen LogP) is 1.09. The van der Waals surface area contributed by atoms with Crippen LogP contribution in [0, 0.1) is 0 Å². The summed E-state index contributed by atoms with van der Waals surface area (Å²) in [6, 6.07) is 0. The maximum atomic E-state index is 7.50. The SMILES string of the molecule is C=C[CH2][Cr][CH2]C=C.[C]=O.[C]=O.[C]=O. The molecule has 0 atom stereocenters. The maximum absolute atomic E-state index is 7.50. The smallest absolute Gasteiger partial charge is 0.281 e. The van der Waals surface area contributed by atoms with Crippen LogP contribution in [0.2, 0.25) is 10.6 Å². The summed E-state index contributed by atoms with van der Waals surface area (Å²) in [5, 5.41) is 2.36. The number of rotatable bonds is 4. The van der Waals surface area contributed by atoms with Gasteiger partial charge in [0.25, 0.3) is 20.4 Å². The molecule has 0 spiro atoms. The van der Waals surface area contributed by atoms with Crippen molar-refractivity contribution in [3.05, 3.63) is 25.3 Å². The molecule has 0 heterocycles. The summed E-state index contributed by atoms with van der Waals surface area (Å²) in [5.74, 6) is 0. The minimum atomic E-state index is 0.740. The van der Waals surface area contributed by atoms with Crippen molar-refractivity contribution in [2.75, 3.05) is 0 Å². The van der Waals surface area contributed by atoms with Gasteiger partial charge in [-0.15, -0.1) is 0 Å². The molecule has 0 aromatic rings. The molecule has 0 aliphatic heterocycles. The zero-order valence-corrected chi connectivity index (χ0v) is 8.39. The van der Waals surface area contributed by atoms with Crippen molar-refractivity contribution < 1.29 is 29.6 Å². The van der Waals surface area contributed by atoms with E-state index >= 15 is 0 Å². The minimum absolute atomic E-state index is 0.740. The first-order valence-corrected chi connectivity index (χ1v) is 4.63. The monoisotopic (exact) mass is 218 g/mol. The Labute approximate surface area is 86.2 Å². The van der Waals surface area contributed by atoms with Crippen molar-refractivity contribution in [3.8, 4) is 0 Å². The van der Waals surface area contributed by atoms with Crippen LogP contribution < -0.4 is 0 Å². The number of carbonyl (C=O) groups excluding carboxylic acids is 3. The van der Waals surface area contributed by atoms with E-state index < -0.39 is 0 Å². The van der Waals surface area contributed by atoms with E-state index in [0.29, 0.717) is 0 Å². The Morgan fingerprint density at radius 2 is 1.08 bits per heavy atom. The van der Waals surface area contributed by atoms with Crippen LogP contribution in [-0.4, -0.2) is 20.4 Å². The Morgan fingerprint density at radius 3 is 1.23 bits per heavy atom. The predicted molar refractivity (Wildman–Crippen MR) is 47.1 cm³/mol. The third-order valence-corrected chi connectivity index (χ3v) is 1.94. The van der Waals surface area contributed by atoms with Gasteiger partial charge in [-0.1, -0.05) is 0 Å². The standard InChI is InChI=1S/2C3H5.3CO.Cr/c2*1-3-2;3*1-2;/h2*3H,1-2H2;;;;. The first-order chi connectivity index (χ1) is 6.41. The van der Waals surface area contributed by atoms with E-state index in [9.17, 15) is 0 Å². The fourth-order valence-corrected chi connectivity index (χ4v) is 0.968. The van der Waals surface area contributed by atoms with Crippen LogP contribution in [-0.2, 0) is 29.6 Å². The van der Waals surface area contributed by atoms with Crippen molar-refractivity contribution in [1.82, 2.24) is 0 Å². The first kappa shape index (κ1) is 22.7. The molecule has 0 unspecified atom stereocenters. The molecule has 3 nitrogen and oxygen atoms in total. The number of allylic oxidation sites excluding steroid dienone is 2. The van der Waals surface area contributed by atoms with Gasteiger partial charge in [0.1, 0.15) is 0 Å². The Kier molecular flexibility index (Phi) is 119. The van der Waals surface area contributed by atoms with Crippen molar-refractivity contribution in [1.29, 1.82) is 0 Å². The Morgan fingerprint density at radius 1 is 0.846 bits per heavy atom. The quantitative estimate of drug-likeness (QED) is 0.524. The van der Waals surface area contributed by atoms with E-state index in [-0.39, 0.29) is 0 Å². The molecule has 0 aliphatic rings. The second-order valence-electron chi connectivity index (χ2n) is 1.11. The molecule has 0 aromatic heterocycles. The number of hydrogen-bond donors (Lipinski definition) is 0. The molecule has 0 saturated heterocycles. The van der Waals surface area contributed by atoms with E-state index in [1.165, 1.54) is 10.6 Å². The van der Waals surface area contributed by atoms with Crippen LogP contribution in [0.15, 0.2) is 25.3 Å². The first-order valence-electron chi connectivity index (χ1n) is 2.82. The van der Waals surface area contributed by atoms with Gasteiger partial charge >= 0.3 is 51.1 Å². The van der Waals surface area contributed by atoms with Crippen molar-refractivity contribution >= 4 is 20.4 Å². The van der Waals surface area contributed by atoms with Crippen LogP contribution in [0.5, 0.6) is 0 Å². The van der Waals surface area contributed by atoms with Crippen LogP contribution in [0.25, 0.3) is 0 Å². The van der Waals surface area contributed by atoms with E-state index in [4.69, 9.17) is 14.4 Å². The fraction of sp³-hybridized carbons (Fsp3) is 0.222. The Balaban J connectivity index is -0.0000000573. The van der Waals surface area contributed by atoms with Gasteiger partial charge < -0.3 is 0 Å². The Hall–Kier alpha value is -0.978. The fourth-order valence-electron chi connectivity index (χ4n) is 0.235. The van der Waals surface area contributed by atoms with E-state index in [1.807, 2.05) is 12.2 Å². The third kappa shape index (κ3) is 98.2. The molecule has 0 amide bonds. The van der Waals surface area contributed by atoms with Gasteiger partial charge in [0.15, 0.2) is 0 Å².